The van der Waals surface area contributed by atoms with Crippen molar-refractivity contribution in [1.29, 1.82) is 0 Å². The molecule has 0 spiro atoms. The third kappa shape index (κ3) is 5.15. The molecule has 2 aromatic carbocycles. The zero-order chi connectivity index (χ0) is 17.7. The fourth-order valence-corrected chi connectivity index (χ4v) is 2.57. The lowest BCUT2D eigenvalue weighted by Crippen LogP contribution is -2.31. The van der Waals surface area contributed by atoms with Gasteiger partial charge in [-0.15, -0.1) is 0 Å². The second-order valence-electron chi connectivity index (χ2n) is 5.25. The van der Waals surface area contributed by atoms with Crippen LogP contribution in [-0.2, 0) is 4.79 Å². The molecule has 0 bridgehead atoms. The van der Waals surface area contributed by atoms with Gasteiger partial charge >= 0.3 is 6.03 Å². The molecule has 7 heteroatoms. The minimum Gasteiger partial charge on any atom is -0.331 e. The van der Waals surface area contributed by atoms with Crippen LogP contribution < -0.4 is 16.0 Å². The van der Waals surface area contributed by atoms with Gasteiger partial charge in [0.2, 0.25) is 5.91 Å². The average Bonchev–Trinajstić information content (AvgIpc) is 2.49. The number of urea groups is 1. The van der Waals surface area contributed by atoms with Gasteiger partial charge in [0.25, 0.3) is 0 Å². The predicted octanol–water partition coefficient (Wildman–Crippen LogP) is 4.83. The highest BCUT2D eigenvalue weighted by Gasteiger charge is 2.12. The zero-order valence-corrected chi connectivity index (χ0v) is 14.7. The molecule has 0 saturated carbocycles. The average molecular weight is 366 g/mol. The lowest BCUT2D eigenvalue weighted by molar-refractivity contribution is -0.114. The molecule has 1 atom stereocenters. The Hall–Kier alpha value is -2.24. The Kier molecular flexibility index (Phi) is 6.06. The van der Waals surface area contributed by atoms with Crippen LogP contribution in [0.4, 0.5) is 16.2 Å². The van der Waals surface area contributed by atoms with Crippen molar-refractivity contribution in [2.75, 3.05) is 10.6 Å². The molecule has 0 heterocycles. The van der Waals surface area contributed by atoms with Crippen molar-refractivity contribution in [2.45, 2.75) is 19.9 Å². The van der Waals surface area contributed by atoms with Crippen LogP contribution in [0, 0.1) is 0 Å². The van der Waals surface area contributed by atoms with Crippen molar-refractivity contribution in [2.24, 2.45) is 0 Å². The fourth-order valence-electron chi connectivity index (χ4n) is 2.12. The van der Waals surface area contributed by atoms with E-state index in [0.29, 0.717) is 21.4 Å². The van der Waals surface area contributed by atoms with E-state index >= 15 is 0 Å². The highest BCUT2D eigenvalue weighted by Crippen LogP contribution is 2.25. The number of carbonyl (C=O) groups excluding carboxylic acids is 2. The van der Waals surface area contributed by atoms with Crippen LogP contribution in [0.2, 0.25) is 10.0 Å². The summed E-state index contributed by atoms with van der Waals surface area (Å²) in [7, 11) is 0. The van der Waals surface area contributed by atoms with Crippen LogP contribution in [0.5, 0.6) is 0 Å². The van der Waals surface area contributed by atoms with E-state index in [9.17, 15) is 9.59 Å². The van der Waals surface area contributed by atoms with Gasteiger partial charge in [-0.2, -0.15) is 0 Å². The van der Waals surface area contributed by atoms with Crippen molar-refractivity contribution in [3.05, 3.63) is 58.1 Å². The minimum atomic E-state index is -0.392. The van der Waals surface area contributed by atoms with E-state index in [0.717, 1.165) is 5.56 Å². The van der Waals surface area contributed by atoms with Crippen molar-refractivity contribution in [3.8, 4) is 0 Å². The van der Waals surface area contributed by atoms with Crippen LogP contribution >= 0.6 is 23.2 Å². The van der Waals surface area contributed by atoms with Crippen molar-refractivity contribution >= 4 is 46.5 Å². The van der Waals surface area contributed by atoms with Gasteiger partial charge in [-0.3, -0.25) is 4.79 Å². The number of hydrogen-bond acceptors (Lipinski definition) is 2. The van der Waals surface area contributed by atoms with Crippen LogP contribution in [0.15, 0.2) is 42.5 Å². The summed E-state index contributed by atoms with van der Waals surface area (Å²) in [6.45, 7) is 3.29. The molecule has 3 N–H and O–H groups in total. The summed E-state index contributed by atoms with van der Waals surface area (Å²) in [5.41, 5.74) is 2.01. The lowest BCUT2D eigenvalue weighted by atomic mass is 10.1. The quantitative estimate of drug-likeness (QED) is 0.725. The molecule has 0 radical (unpaired) electrons. The Labute approximate surface area is 150 Å². The first-order valence-electron chi connectivity index (χ1n) is 7.25. The summed E-state index contributed by atoms with van der Waals surface area (Å²) in [6, 6.07) is 11.4. The highest BCUT2D eigenvalue weighted by molar-refractivity contribution is 6.36. The lowest BCUT2D eigenvalue weighted by Gasteiger charge is -2.16. The first kappa shape index (κ1) is 18.1. The summed E-state index contributed by atoms with van der Waals surface area (Å²) in [5, 5.41) is 9.05. The zero-order valence-electron chi connectivity index (χ0n) is 13.2. The van der Waals surface area contributed by atoms with Gasteiger partial charge in [0, 0.05) is 17.6 Å². The Morgan fingerprint density at radius 3 is 2.46 bits per heavy atom. The van der Waals surface area contributed by atoms with Crippen molar-refractivity contribution < 1.29 is 9.59 Å². The molecule has 0 aliphatic carbocycles. The van der Waals surface area contributed by atoms with E-state index in [1.165, 1.54) is 6.92 Å². The first-order chi connectivity index (χ1) is 11.3. The number of anilines is 2. The second-order valence-corrected chi connectivity index (χ2v) is 6.09. The summed E-state index contributed by atoms with van der Waals surface area (Å²) < 4.78 is 0. The van der Waals surface area contributed by atoms with Gasteiger partial charge in [0.1, 0.15) is 0 Å². The molecule has 2 rings (SSSR count). The monoisotopic (exact) mass is 365 g/mol. The van der Waals surface area contributed by atoms with Gasteiger partial charge in [-0.1, -0.05) is 35.3 Å². The van der Waals surface area contributed by atoms with Crippen LogP contribution in [0.1, 0.15) is 25.5 Å². The maximum Gasteiger partial charge on any atom is 0.319 e. The maximum absolute atomic E-state index is 12.1. The molecular weight excluding hydrogens is 349 g/mol. The van der Waals surface area contributed by atoms with Crippen molar-refractivity contribution in [1.82, 2.24) is 5.32 Å². The number of halogens is 2. The smallest absolute Gasteiger partial charge is 0.319 e. The first-order valence-corrected chi connectivity index (χ1v) is 8.01. The molecule has 0 saturated heterocycles. The molecule has 1 unspecified atom stereocenters. The Morgan fingerprint density at radius 2 is 1.79 bits per heavy atom. The number of benzene rings is 2. The SMILES string of the molecule is CC(=O)Nc1cccc(C(C)NC(=O)Nc2ccc(Cl)cc2Cl)c1. The number of carbonyl (C=O) groups is 2. The van der Waals surface area contributed by atoms with E-state index in [4.69, 9.17) is 23.2 Å². The van der Waals surface area contributed by atoms with Crippen LogP contribution in [-0.4, -0.2) is 11.9 Å². The number of hydrogen-bond donors (Lipinski definition) is 3. The molecule has 126 valence electrons. The number of nitrogens with one attached hydrogen (secondary N) is 3. The third-order valence-electron chi connectivity index (χ3n) is 3.23. The van der Waals surface area contributed by atoms with Gasteiger partial charge in [0.15, 0.2) is 0 Å². The molecule has 5 nitrogen and oxygen atoms in total. The molecule has 3 amide bonds. The number of amides is 3. The van der Waals surface area contributed by atoms with Crippen LogP contribution in [0.25, 0.3) is 0 Å². The van der Waals surface area contributed by atoms with Gasteiger partial charge in [-0.05, 0) is 42.8 Å². The normalized spacial score (nSPS) is 11.5. The van der Waals surface area contributed by atoms with Gasteiger partial charge in [0.05, 0.1) is 16.8 Å². The summed E-state index contributed by atoms with van der Waals surface area (Å²) in [5.74, 6) is -0.150. The summed E-state index contributed by atoms with van der Waals surface area (Å²) in [6.07, 6.45) is 0. The minimum absolute atomic E-state index is 0.150. The molecule has 0 aromatic heterocycles. The van der Waals surface area contributed by atoms with E-state index in [1.807, 2.05) is 25.1 Å². The third-order valence-corrected chi connectivity index (χ3v) is 3.78. The Bertz CT molecular complexity index is 765. The molecule has 0 aliphatic rings. The summed E-state index contributed by atoms with van der Waals surface area (Å²) in [4.78, 5) is 23.2. The standard InChI is InChI=1S/C17H17Cl2N3O2/c1-10(12-4-3-5-14(8-12)21-11(2)23)20-17(24)22-16-7-6-13(18)9-15(16)19/h3-10H,1-2H3,(H,21,23)(H2,20,22,24). The molecule has 0 fully saturated rings. The largest absolute Gasteiger partial charge is 0.331 e. The van der Waals surface area contributed by atoms with E-state index in [1.54, 1.807) is 24.3 Å². The maximum atomic E-state index is 12.1. The second kappa shape index (κ2) is 8.04. The van der Waals surface area contributed by atoms with Crippen LogP contribution in [0.3, 0.4) is 0 Å². The van der Waals surface area contributed by atoms with E-state index < -0.39 is 6.03 Å². The van der Waals surface area contributed by atoms with E-state index in [-0.39, 0.29) is 11.9 Å². The summed E-state index contributed by atoms with van der Waals surface area (Å²) >= 11 is 11.9. The molecule has 2 aromatic rings. The molecular formula is C17H17Cl2N3O2. The number of rotatable bonds is 4. The molecule has 0 aliphatic heterocycles. The van der Waals surface area contributed by atoms with Gasteiger partial charge in [-0.25, -0.2) is 4.79 Å². The highest BCUT2D eigenvalue weighted by atomic mass is 35.5. The fraction of sp³-hybridized carbons (Fsp3) is 0.176. The Morgan fingerprint density at radius 1 is 1.04 bits per heavy atom. The predicted molar refractivity (Wildman–Crippen MR) is 97.8 cm³/mol. The molecule has 24 heavy (non-hydrogen) atoms. The topological polar surface area (TPSA) is 70.2 Å². The Balaban J connectivity index is 2.02. The van der Waals surface area contributed by atoms with Gasteiger partial charge < -0.3 is 16.0 Å². The van der Waals surface area contributed by atoms with Crippen molar-refractivity contribution in [3.63, 3.8) is 0 Å². The van der Waals surface area contributed by atoms with E-state index in [2.05, 4.69) is 16.0 Å².